The number of anilines is 3. The van der Waals surface area contributed by atoms with Crippen molar-refractivity contribution in [3.63, 3.8) is 0 Å². The second-order valence-electron chi connectivity index (χ2n) is 4.20. The van der Waals surface area contributed by atoms with Gasteiger partial charge in [0, 0.05) is 4.47 Å². The lowest BCUT2D eigenvalue weighted by Gasteiger charge is -2.23. The smallest absolute Gasteiger partial charge is 0.396 e. The number of benzene rings is 2. The van der Waals surface area contributed by atoms with Crippen molar-refractivity contribution in [1.29, 1.82) is 0 Å². The minimum Gasteiger partial charge on any atom is -0.396 e. The average molecular weight is 364 g/mol. The van der Waals surface area contributed by atoms with E-state index in [0.29, 0.717) is 11.8 Å². The van der Waals surface area contributed by atoms with Crippen molar-refractivity contribution in [3.8, 4) is 0 Å². The molecule has 0 aliphatic carbocycles. The second kappa shape index (κ2) is 5.53. The molecule has 0 heterocycles. The molecule has 0 bridgehead atoms. The molecule has 2 aromatic rings. The molecule has 0 unspecified atom stereocenters. The molecule has 0 fully saturated rings. The molecule has 0 aromatic heterocycles. The highest BCUT2D eigenvalue weighted by molar-refractivity contribution is 9.10. The van der Waals surface area contributed by atoms with Crippen molar-refractivity contribution >= 4 is 33.0 Å². The van der Waals surface area contributed by atoms with Crippen LogP contribution in [0.25, 0.3) is 0 Å². The highest BCUT2D eigenvalue weighted by Crippen LogP contribution is 2.40. The summed E-state index contributed by atoms with van der Waals surface area (Å²) in [7, 11) is 0. The first-order valence-corrected chi connectivity index (χ1v) is 6.46. The molecule has 0 spiro atoms. The van der Waals surface area contributed by atoms with E-state index in [-0.39, 0.29) is 5.69 Å². The van der Waals surface area contributed by atoms with Gasteiger partial charge in [0.2, 0.25) is 0 Å². The molecule has 3 nitrogen and oxygen atoms in total. The predicted octanol–water partition coefficient (Wildman–Crippen LogP) is 4.20. The number of alkyl halides is 3. The van der Waals surface area contributed by atoms with Gasteiger partial charge in [-0.25, -0.2) is 10.2 Å². The van der Waals surface area contributed by atoms with E-state index in [1.165, 1.54) is 0 Å². The number of halogens is 5. The first kappa shape index (κ1) is 15.6. The molecule has 0 amide bonds. The molecule has 21 heavy (non-hydrogen) atoms. The number of nitrogen functional groups attached to an aromatic ring is 1. The van der Waals surface area contributed by atoms with Crippen molar-refractivity contribution in [1.82, 2.24) is 0 Å². The Labute approximate surface area is 126 Å². The Morgan fingerprint density at radius 2 is 1.57 bits per heavy atom. The molecule has 0 atom stereocenters. The van der Waals surface area contributed by atoms with E-state index in [1.54, 1.807) is 24.3 Å². The maximum Gasteiger partial charge on any atom is 0.421 e. The Morgan fingerprint density at radius 3 is 2.10 bits per heavy atom. The van der Waals surface area contributed by atoms with Gasteiger partial charge in [0.25, 0.3) is 0 Å². The molecule has 8 heteroatoms. The maximum atomic E-state index is 13.4. The normalized spacial score (nSPS) is 11.5. The van der Waals surface area contributed by atoms with E-state index in [0.717, 1.165) is 15.5 Å². The van der Waals surface area contributed by atoms with Gasteiger partial charge in [-0.05, 0) is 36.4 Å². The summed E-state index contributed by atoms with van der Waals surface area (Å²) >= 11 is 3.23. The number of hydrogen-bond donors (Lipinski definition) is 2. The van der Waals surface area contributed by atoms with Gasteiger partial charge in [0.05, 0.1) is 17.1 Å². The zero-order valence-corrected chi connectivity index (χ0v) is 12.0. The number of rotatable bonds is 2. The number of nitrogens with two attached hydrogens (primary N) is 2. The Bertz CT molecular complexity index is 656. The van der Waals surface area contributed by atoms with Crippen LogP contribution in [0.15, 0.2) is 40.9 Å². The first-order valence-electron chi connectivity index (χ1n) is 5.67. The van der Waals surface area contributed by atoms with Crippen LogP contribution in [0.2, 0.25) is 0 Å². The number of hydrazine groups is 1. The third kappa shape index (κ3) is 3.11. The third-order valence-electron chi connectivity index (χ3n) is 2.82. The fourth-order valence-corrected chi connectivity index (χ4v) is 2.09. The zero-order valence-electron chi connectivity index (χ0n) is 10.5. The lowest BCUT2D eigenvalue weighted by molar-refractivity contribution is -0.139. The van der Waals surface area contributed by atoms with Crippen LogP contribution < -0.4 is 16.6 Å². The van der Waals surface area contributed by atoms with Gasteiger partial charge in [0.15, 0.2) is 0 Å². The van der Waals surface area contributed by atoms with Crippen LogP contribution in [0.4, 0.5) is 34.6 Å². The second-order valence-corrected chi connectivity index (χ2v) is 5.12. The Balaban J connectivity index is 2.52. The SMILES string of the molecule is Nc1c(N(N)c2ccc(Br)cc2)ccc(F)c1C(F)(F)F. The van der Waals surface area contributed by atoms with Gasteiger partial charge in [0.1, 0.15) is 11.4 Å². The summed E-state index contributed by atoms with van der Waals surface area (Å²) in [5.41, 5.74) is 3.44. The molecule has 0 saturated carbocycles. The van der Waals surface area contributed by atoms with Gasteiger partial charge >= 0.3 is 6.18 Å². The van der Waals surface area contributed by atoms with E-state index in [1.807, 2.05) is 0 Å². The van der Waals surface area contributed by atoms with Crippen molar-refractivity contribution in [3.05, 3.63) is 52.3 Å². The van der Waals surface area contributed by atoms with Crippen LogP contribution in [-0.2, 0) is 6.18 Å². The van der Waals surface area contributed by atoms with Crippen LogP contribution in [-0.4, -0.2) is 0 Å². The van der Waals surface area contributed by atoms with Gasteiger partial charge in [-0.15, -0.1) is 0 Å². The van der Waals surface area contributed by atoms with Crippen molar-refractivity contribution in [2.24, 2.45) is 5.84 Å². The van der Waals surface area contributed by atoms with Crippen LogP contribution in [0.3, 0.4) is 0 Å². The van der Waals surface area contributed by atoms with E-state index < -0.39 is 23.2 Å². The van der Waals surface area contributed by atoms with Crippen LogP contribution >= 0.6 is 15.9 Å². The average Bonchev–Trinajstić information content (AvgIpc) is 2.37. The maximum absolute atomic E-state index is 13.4. The zero-order chi connectivity index (χ0) is 15.8. The summed E-state index contributed by atoms with van der Waals surface area (Å²) in [6.07, 6.45) is -4.90. The third-order valence-corrected chi connectivity index (χ3v) is 3.35. The van der Waals surface area contributed by atoms with Gasteiger partial charge < -0.3 is 5.73 Å². The van der Waals surface area contributed by atoms with Crippen molar-refractivity contribution in [2.75, 3.05) is 10.7 Å². The van der Waals surface area contributed by atoms with E-state index in [9.17, 15) is 17.6 Å². The molecule has 0 saturated heterocycles. The minimum atomic E-state index is -4.90. The van der Waals surface area contributed by atoms with Crippen molar-refractivity contribution < 1.29 is 17.6 Å². The summed E-state index contributed by atoms with van der Waals surface area (Å²) in [4.78, 5) is 0. The van der Waals surface area contributed by atoms with E-state index in [4.69, 9.17) is 11.6 Å². The largest absolute Gasteiger partial charge is 0.421 e. The molecular weight excluding hydrogens is 354 g/mol. The van der Waals surface area contributed by atoms with Crippen molar-refractivity contribution in [2.45, 2.75) is 6.18 Å². The fourth-order valence-electron chi connectivity index (χ4n) is 1.82. The number of nitrogens with zero attached hydrogens (tertiary/aromatic N) is 1. The van der Waals surface area contributed by atoms with E-state index in [2.05, 4.69) is 15.9 Å². The summed E-state index contributed by atoms with van der Waals surface area (Å²) in [6, 6.07) is 8.29. The van der Waals surface area contributed by atoms with Gasteiger partial charge in [-0.3, -0.25) is 5.01 Å². The molecule has 0 aliphatic rings. The molecule has 0 aliphatic heterocycles. The van der Waals surface area contributed by atoms with Crippen LogP contribution in [0, 0.1) is 5.82 Å². The summed E-state index contributed by atoms with van der Waals surface area (Å²) < 4.78 is 52.6. The lowest BCUT2D eigenvalue weighted by atomic mass is 10.1. The Kier molecular flexibility index (Phi) is 4.11. The standard InChI is InChI=1S/C13H10BrF4N3/c14-7-1-3-8(4-2-7)21(20)10-6-5-9(15)11(12(10)19)13(16,17)18/h1-6H,19-20H2. The topological polar surface area (TPSA) is 55.3 Å². The number of hydrogen-bond acceptors (Lipinski definition) is 3. The lowest BCUT2D eigenvalue weighted by Crippen LogP contribution is -2.27. The van der Waals surface area contributed by atoms with Crippen LogP contribution in [0.1, 0.15) is 5.56 Å². The quantitative estimate of drug-likeness (QED) is 0.364. The first-order chi connectivity index (χ1) is 9.71. The molecule has 0 radical (unpaired) electrons. The Morgan fingerprint density at radius 1 is 1.00 bits per heavy atom. The summed E-state index contributed by atoms with van der Waals surface area (Å²) in [6.45, 7) is 0. The molecule has 112 valence electrons. The highest BCUT2D eigenvalue weighted by Gasteiger charge is 2.38. The highest BCUT2D eigenvalue weighted by atomic mass is 79.9. The van der Waals surface area contributed by atoms with E-state index >= 15 is 0 Å². The molecular formula is C13H10BrF4N3. The molecule has 2 rings (SSSR count). The summed E-state index contributed by atoms with van der Waals surface area (Å²) in [5, 5.41) is 0.969. The minimum absolute atomic E-state index is 0.133. The summed E-state index contributed by atoms with van der Waals surface area (Å²) in [5.74, 6) is 4.34. The van der Waals surface area contributed by atoms with Crippen LogP contribution in [0.5, 0.6) is 0 Å². The Hall–Kier alpha value is -1.80. The fraction of sp³-hybridized carbons (Fsp3) is 0.0769. The predicted molar refractivity (Wildman–Crippen MR) is 76.3 cm³/mol. The van der Waals surface area contributed by atoms with Gasteiger partial charge in [-0.1, -0.05) is 15.9 Å². The molecule has 4 N–H and O–H groups in total. The van der Waals surface area contributed by atoms with Gasteiger partial charge in [-0.2, -0.15) is 13.2 Å². The molecule has 2 aromatic carbocycles. The monoisotopic (exact) mass is 363 g/mol.